The lowest BCUT2D eigenvalue weighted by molar-refractivity contribution is 0.0725. The lowest BCUT2D eigenvalue weighted by atomic mass is 10.1. The van der Waals surface area contributed by atoms with E-state index in [1.54, 1.807) is 30.3 Å². The minimum atomic E-state index is -0.318. The molecule has 6 heteroatoms. The van der Waals surface area contributed by atoms with Crippen LogP contribution in [0.1, 0.15) is 40.0 Å². The molecule has 5 nitrogen and oxygen atoms in total. The third-order valence-corrected chi connectivity index (χ3v) is 4.95. The van der Waals surface area contributed by atoms with Gasteiger partial charge in [0.1, 0.15) is 5.75 Å². The number of carbonyl (C=O) groups is 2. The van der Waals surface area contributed by atoms with Crippen molar-refractivity contribution < 1.29 is 14.3 Å². The number of methoxy groups -OCH3 is 1. The van der Waals surface area contributed by atoms with Crippen LogP contribution in [0.5, 0.6) is 5.75 Å². The summed E-state index contributed by atoms with van der Waals surface area (Å²) in [4.78, 5) is 27.5. The Morgan fingerprint density at radius 2 is 1.77 bits per heavy atom. The molecule has 1 fully saturated rings. The predicted octanol–water partition coefficient (Wildman–Crippen LogP) is 4.34. The molecule has 0 spiro atoms. The quantitative estimate of drug-likeness (QED) is 0.806. The zero-order chi connectivity index (χ0) is 18.5. The number of anilines is 1. The van der Waals surface area contributed by atoms with E-state index < -0.39 is 0 Å². The van der Waals surface area contributed by atoms with Gasteiger partial charge in [-0.05, 0) is 49.6 Å². The number of amides is 2. The van der Waals surface area contributed by atoms with Crippen LogP contribution in [0.4, 0.5) is 5.69 Å². The normalized spacial score (nSPS) is 14.0. The molecule has 2 aromatic carbocycles. The fourth-order valence-electron chi connectivity index (χ4n) is 3.09. The summed E-state index contributed by atoms with van der Waals surface area (Å²) in [6.45, 7) is 1.53. The second kappa shape index (κ2) is 8.36. The number of likely N-dealkylation sites (tertiary alicyclic amines) is 1. The molecule has 0 aliphatic carbocycles. The number of para-hydroxylation sites is 1. The molecule has 2 aromatic rings. The van der Waals surface area contributed by atoms with Gasteiger partial charge in [0.05, 0.1) is 23.9 Å². The number of ether oxygens (including phenoxy) is 1. The van der Waals surface area contributed by atoms with Gasteiger partial charge >= 0.3 is 0 Å². The minimum Gasteiger partial charge on any atom is -0.496 e. The molecular formula is C20H21BrN2O3. The number of rotatable bonds is 4. The SMILES string of the molecule is COc1ccc(Br)cc1C(=O)Nc1ccccc1C(=O)N1CCCCC1. The summed E-state index contributed by atoms with van der Waals surface area (Å²) in [5.41, 5.74) is 1.42. The first-order valence-corrected chi connectivity index (χ1v) is 9.42. The lowest BCUT2D eigenvalue weighted by Crippen LogP contribution is -2.36. The van der Waals surface area contributed by atoms with Gasteiger partial charge in [0.15, 0.2) is 0 Å². The topological polar surface area (TPSA) is 58.6 Å². The molecule has 0 atom stereocenters. The van der Waals surface area contributed by atoms with E-state index in [-0.39, 0.29) is 11.8 Å². The summed E-state index contributed by atoms with van der Waals surface area (Å²) >= 11 is 3.37. The van der Waals surface area contributed by atoms with Crippen molar-refractivity contribution in [2.24, 2.45) is 0 Å². The Morgan fingerprint density at radius 1 is 1.04 bits per heavy atom. The molecule has 2 amide bonds. The summed E-state index contributed by atoms with van der Waals surface area (Å²) in [6, 6.07) is 12.4. The van der Waals surface area contributed by atoms with Crippen molar-refractivity contribution in [3.05, 3.63) is 58.1 Å². The van der Waals surface area contributed by atoms with Crippen LogP contribution in [0.15, 0.2) is 46.9 Å². The smallest absolute Gasteiger partial charge is 0.259 e. The molecule has 1 aliphatic rings. The van der Waals surface area contributed by atoms with Gasteiger partial charge in [-0.3, -0.25) is 9.59 Å². The second-order valence-electron chi connectivity index (χ2n) is 6.20. The van der Waals surface area contributed by atoms with Crippen molar-refractivity contribution >= 4 is 33.4 Å². The number of halogens is 1. The van der Waals surface area contributed by atoms with Gasteiger partial charge in [-0.15, -0.1) is 0 Å². The molecule has 0 saturated carbocycles. The first kappa shape index (κ1) is 18.5. The summed E-state index contributed by atoms with van der Waals surface area (Å²) in [6.07, 6.45) is 3.20. The standard InChI is InChI=1S/C20H21BrN2O3/c1-26-18-10-9-14(21)13-16(18)19(24)22-17-8-4-3-7-15(17)20(25)23-11-5-2-6-12-23/h3-4,7-10,13H,2,5-6,11-12H2,1H3,(H,22,24). The van der Waals surface area contributed by atoms with Gasteiger partial charge in [0, 0.05) is 17.6 Å². The van der Waals surface area contributed by atoms with Crippen LogP contribution in [-0.4, -0.2) is 36.9 Å². The molecule has 0 radical (unpaired) electrons. The molecule has 0 unspecified atom stereocenters. The van der Waals surface area contributed by atoms with Gasteiger partial charge in [0.25, 0.3) is 11.8 Å². The lowest BCUT2D eigenvalue weighted by Gasteiger charge is -2.27. The van der Waals surface area contributed by atoms with Crippen LogP contribution in [-0.2, 0) is 0 Å². The van der Waals surface area contributed by atoms with Crippen molar-refractivity contribution in [1.29, 1.82) is 0 Å². The first-order valence-electron chi connectivity index (χ1n) is 8.63. The van der Waals surface area contributed by atoms with Crippen LogP contribution in [0.3, 0.4) is 0 Å². The van der Waals surface area contributed by atoms with Crippen molar-refractivity contribution in [2.75, 3.05) is 25.5 Å². The van der Waals surface area contributed by atoms with Crippen LogP contribution >= 0.6 is 15.9 Å². The van der Waals surface area contributed by atoms with Crippen LogP contribution in [0.25, 0.3) is 0 Å². The van der Waals surface area contributed by atoms with E-state index in [2.05, 4.69) is 21.2 Å². The van der Waals surface area contributed by atoms with Crippen LogP contribution in [0, 0.1) is 0 Å². The number of nitrogens with one attached hydrogen (secondary N) is 1. The average molecular weight is 417 g/mol. The average Bonchev–Trinajstić information content (AvgIpc) is 2.68. The van der Waals surface area contributed by atoms with Gasteiger partial charge < -0.3 is 15.0 Å². The predicted molar refractivity (Wildman–Crippen MR) is 105 cm³/mol. The van der Waals surface area contributed by atoms with Crippen molar-refractivity contribution in [3.8, 4) is 5.75 Å². The number of carbonyl (C=O) groups excluding carboxylic acids is 2. The highest BCUT2D eigenvalue weighted by Gasteiger charge is 2.22. The molecule has 26 heavy (non-hydrogen) atoms. The maximum atomic E-state index is 12.9. The Bertz CT molecular complexity index is 816. The molecular weight excluding hydrogens is 396 g/mol. The molecule has 1 N–H and O–H groups in total. The van der Waals surface area contributed by atoms with E-state index in [1.807, 2.05) is 17.0 Å². The van der Waals surface area contributed by atoms with Crippen LogP contribution < -0.4 is 10.1 Å². The van der Waals surface area contributed by atoms with Gasteiger partial charge in [-0.2, -0.15) is 0 Å². The first-order chi connectivity index (χ1) is 12.6. The second-order valence-corrected chi connectivity index (χ2v) is 7.11. The molecule has 1 aliphatic heterocycles. The number of piperidine rings is 1. The summed E-state index contributed by atoms with van der Waals surface area (Å²) < 4.78 is 6.05. The summed E-state index contributed by atoms with van der Waals surface area (Å²) in [7, 11) is 1.52. The highest BCUT2D eigenvalue weighted by Crippen LogP contribution is 2.25. The molecule has 0 aromatic heterocycles. The summed E-state index contributed by atoms with van der Waals surface area (Å²) in [5, 5.41) is 2.86. The van der Waals surface area contributed by atoms with E-state index in [9.17, 15) is 9.59 Å². The van der Waals surface area contributed by atoms with Gasteiger partial charge in [-0.1, -0.05) is 28.1 Å². The fraction of sp³-hybridized carbons (Fsp3) is 0.300. The van der Waals surface area contributed by atoms with E-state index in [4.69, 9.17) is 4.74 Å². The number of nitrogens with zero attached hydrogens (tertiary/aromatic N) is 1. The van der Waals surface area contributed by atoms with E-state index >= 15 is 0 Å². The molecule has 1 saturated heterocycles. The maximum absolute atomic E-state index is 12.9. The van der Waals surface area contributed by atoms with Crippen molar-refractivity contribution in [3.63, 3.8) is 0 Å². The maximum Gasteiger partial charge on any atom is 0.259 e. The zero-order valence-electron chi connectivity index (χ0n) is 14.6. The summed E-state index contributed by atoms with van der Waals surface area (Å²) in [5.74, 6) is 0.120. The monoisotopic (exact) mass is 416 g/mol. The molecule has 136 valence electrons. The Balaban J connectivity index is 1.85. The third kappa shape index (κ3) is 4.07. The number of hydrogen-bond donors (Lipinski definition) is 1. The molecule has 1 heterocycles. The largest absolute Gasteiger partial charge is 0.496 e. The van der Waals surface area contributed by atoms with Gasteiger partial charge in [0.2, 0.25) is 0 Å². The Hall–Kier alpha value is -2.34. The molecule has 3 rings (SSSR count). The highest BCUT2D eigenvalue weighted by atomic mass is 79.9. The molecule has 0 bridgehead atoms. The van der Waals surface area contributed by atoms with E-state index in [0.29, 0.717) is 22.6 Å². The third-order valence-electron chi connectivity index (χ3n) is 4.46. The van der Waals surface area contributed by atoms with Crippen LogP contribution in [0.2, 0.25) is 0 Å². The fourth-order valence-corrected chi connectivity index (χ4v) is 3.45. The van der Waals surface area contributed by atoms with Crippen molar-refractivity contribution in [1.82, 2.24) is 4.90 Å². The van der Waals surface area contributed by atoms with Gasteiger partial charge in [-0.25, -0.2) is 0 Å². The Kier molecular flexibility index (Phi) is 5.93. The van der Waals surface area contributed by atoms with E-state index in [0.717, 1.165) is 36.8 Å². The Morgan fingerprint density at radius 3 is 2.50 bits per heavy atom. The number of benzene rings is 2. The minimum absolute atomic E-state index is 0.0400. The zero-order valence-corrected chi connectivity index (χ0v) is 16.2. The van der Waals surface area contributed by atoms with Crippen molar-refractivity contribution in [2.45, 2.75) is 19.3 Å². The highest BCUT2D eigenvalue weighted by molar-refractivity contribution is 9.10. The van der Waals surface area contributed by atoms with E-state index in [1.165, 1.54) is 7.11 Å². The number of hydrogen-bond acceptors (Lipinski definition) is 3. The Labute approximate surface area is 161 Å².